The maximum absolute atomic E-state index is 14.2. The van der Waals surface area contributed by atoms with Gasteiger partial charge in [0.2, 0.25) is 0 Å². The molecular formula is C30H33F2N3O2. The smallest absolute Gasteiger partial charge is 0.143 e. The number of nitrogens with zero attached hydrogens (tertiary/aromatic N) is 3. The molecule has 0 aliphatic carbocycles. The average molecular weight is 506 g/mol. The van der Waals surface area contributed by atoms with Crippen molar-refractivity contribution in [3.8, 4) is 11.4 Å². The standard InChI is InChI=1S/C30H33F2N3O2/c1-5-7-27-23(14-22-9-10-29(30(15-22)37-4)34-19-21(2)33-20-34)8-6-12-35(27)28(11-13-36-3)24-16-25(31)18-26(32)17-24/h5,9-10,14-20,28H,6,8,11-13H2,1-4H3. The van der Waals surface area contributed by atoms with Crippen molar-refractivity contribution in [2.75, 3.05) is 27.4 Å². The lowest BCUT2D eigenvalue weighted by Crippen LogP contribution is -2.34. The Bertz CT molecular complexity index is 1320. The van der Waals surface area contributed by atoms with Crippen LogP contribution in [0.2, 0.25) is 0 Å². The zero-order valence-corrected chi connectivity index (χ0v) is 21.8. The molecule has 2 aromatic carbocycles. The number of hydrogen-bond acceptors (Lipinski definition) is 4. The van der Waals surface area contributed by atoms with Crippen LogP contribution in [0.25, 0.3) is 11.8 Å². The molecule has 7 heteroatoms. The Kier molecular flexibility index (Phi) is 8.59. The fraction of sp³-hybridized carbons (Fsp3) is 0.333. The molecule has 1 unspecified atom stereocenters. The van der Waals surface area contributed by atoms with E-state index in [0.29, 0.717) is 18.6 Å². The minimum atomic E-state index is -0.581. The minimum Gasteiger partial charge on any atom is -0.495 e. The molecule has 0 amide bonds. The van der Waals surface area contributed by atoms with Crippen LogP contribution >= 0.6 is 0 Å². The molecule has 1 fully saturated rings. The van der Waals surface area contributed by atoms with Gasteiger partial charge in [0, 0.05) is 32.5 Å². The average Bonchev–Trinajstić information content (AvgIpc) is 3.31. The summed E-state index contributed by atoms with van der Waals surface area (Å²) in [5.41, 5.74) is 8.86. The van der Waals surface area contributed by atoms with E-state index in [1.54, 1.807) is 20.5 Å². The number of benzene rings is 2. The van der Waals surface area contributed by atoms with E-state index in [2.05, 4.69) is 27.8 Å². The number of likely N-dealkylation sites (tertiary alicyclic amines) is 1. The molecule has 1 aliphatic rings. The number of hydrogen-bond donors (Lipinski definition) is 0. The molecule has 0 saturated carbocycles. The summed E-state index contributed by atoms with van der Waals surface area (Å²) in [5.74, 6) is -0.423. The summed E-state index contributed by atoms with van der Waals surface area (Å²) in [6.45, 7) is 5.09. The highest BCUT2D eigenvalue weighted by Gasteiger charge is 2.28. The number of imidazole rings is 1. The van der Waals surface area contributed by atoms with Crippen molar-refractivity contribution in [2.24, 2.45) is 0 Å². The monoisotopic (exact) mass is 505 g/mol. The van der Waals surface area contributed by atoms with Gasteiger partial charge in [0.25, 0.3) is 0 Å². The maximum atomic E-state index is 14.2. The summed E-state index contributed by atoms with van der Waals surface area (Å²) in [5, 5.41) is 0. The van der Waals surface area contributed by atoms with Crippen molar-refractivity contribution in [2.45, 2.75) is 39.2 Å². The largest absolute Gasteiger partial charge is 0.495 e. The molecule has 1 atom stereocenters. The fourth-order valence-electron chi connectivity index (χ4n) is 4.87. The molecule has 4 rings (SSSR count). The summed E-state index contributed by atoms with van der Waals surface area (Å²) in [7, 11) is 3.29. The fourth-order valence-corrected chi connectivity index (χ4v) is 4.87. The van der Waals surface area contributed by atoms with Crippen molar-refractivity contribution >= 4 is 6.08 Å². The molecule has 5 nitrogen and oxygen atoms in total. The molecule has 0 bridgehead atoms. The van der Waals surface area contributed by atoms with Crippen LogP contribution in [0, 0.1) is 18.6 Å². The van der Waals surface area contributed by atoms with Crippen LogP contribution in [0.15, 0.2) is 72.0 Å². The Balaban J connectivity index is 1.72. The van der Waals surface area contributed by atoms with Gasteiger partial charge in [-0.1, -0.05) is 11.8 Å². The Labute approximate surface area is 217 Å². The first-order valence-corrected chi connectivity index (χ1v) is 12.5. The van der Waals surface area contributed by atoms with Crippen molar-refractivity contribution in [1.82, 2.24) is 14.5 Å². The molecule has 1 aromatic heterocycles. The van der Waals surface area contributed by atoms with Crippen molar-refractivity contribution in [3.63, 3.8) is 0 Å². The molecule has 37 heavy (non-hydrogen) atoms. The van der Waals surface area contributed by atoms with Gasteiger partial charge in [-0.2, -0.15) is 0 Å². The Morgan fingerprint density at radius 2 is 1.92 bits per heavy atom. The molecule has 1 saturated heterocycles. The van der Waals surface area contributed by atoms with Gasteiger partial charge in [-0.05, 0) is 86.2 Å². The number of methoxy groups -OCH3 is 2. The molecule has 194 valence electrons. The van der Waals surface area contributed by atoms with E-state index in [4.69, 9.17) is 9.47 Å². The van der Waals surface area contributed by atoms with Gasteiger partial charge in [0.15, 0.2) is 0 Å². The molecular weight excluding hydrogens is 472 g/mol. The molecule has 0 radical (unpaired) electrons. The van der Waals surface area contributed by atoms with Crippen LogP contribution < -0.4 is 4.74 Å². The lowest BCUT2D eigenvalue weighted by molar-refractivity contribution is 0.146. The van der Waals surface area contributed by atoms with Crippen LogP contribution in [-0.2, 0) is 4.74 Å². The summed E-state index contributed by atoms with van der Waals surface area (Å²) in [4.78, 5) is 6.51. The Hall–Kier alpha value is -3.67. The highest BCUT2D eigenvalue weighted by Crippen LogP contribution is 2.37. The van der Waals surface area contributed by atoms with E-state index in [1.165, 1.54) is 12.1 Å². The topological polar surface area (TPSA) is 39.5 Å². The van der Waals surface area contributed by atoms with Crippen molar-refractivity contribution < 1.29 is 18.3 Å². The molecule has 3 aromatic rings. The lowest BCUT2D eigenvalue weighted by atomic mass is 9.93. The minimum absolute atomic E-state index is 0.252. The number of rotatable bonds is 8. The Morgan fingerprint density at radius 3 is 2.57 bits per heavy atom. The molecule has 2 heterocycles. The maximum Gasteiger partial charge on any atom is 0.143 e. The van der Waals surface area contributed by atoms with Crippen LogP contribution in [0.3, 0.4) is 0 Å². The molecule has 0 N–H and O–H groups in total. The lowest BCUT2D eigenvalue weighted by Gasteiger charge is -2.39. The van der Waals surface area contributed by atoms with Gasteiger partial charge in [-0.15, -0.1) is 0 Å². The van der Waals surface area contributed by atoms with E-state index in [0.717, 1.165) is 59.4 Å². The zero-order valence-electron chi connectivity index (χ0n) is 21.8. The van der Waals surface area contributed by atoms with Gasteiger partial charge in [0.05, 0.1) is 36.6 Å². The van der Waals surface area contributed by atoms with E-state index in [1.807, 2.05) is 42.8 Å². The first-order chi connectivity index (χ1) is 17.9. The van der Waals surface area contributed by atoms with Gasteiger partial charge < -0.3 is 18.9 Å². The van der Waals surface area contributed by atoms with E-state index >= 15 is 0 Å². The number of aryl methyl sites for hydroxylation is 1. The summed E-state index contributed by atoms with van der Waals surface area (Å²) >= 11 is 0. The van der Waals surface area contributed by atoms with Crippen molar-refractivity contribution in [3.05, 3.63) is 100 Å². The van der Waals surface area contributed by atoms with Crippen LogP contribution in [0.5, 0.6) is 5.75 Å². The second kappa shape index (κ2) is 12.0. The van der Waals surface area contributed by atoms with Gasteiger partial charge in [-0.25, -0.2) is 13.8 Å². The van der Waals surface area contributed by atoms with Crippen LogP contribution in [-0.4, -0.2) is 41.8 Å². The van der Waals surface area contributed by atoms with Crippen LogP contribution in [0.1, 0.15) is 49.0 Å². The van der Waals surface area contributed by atoms with E-state index < -0.39 is 11.6 Å². The summed E-state index contributed by atoms with van der Waals surface area (Å²) < 4.78 is 41.3. The zero-order chi connectivity index (χ0) is 26.4. The number of ether oxygens (including phenoxy) is 2. The second-order valence-electron chi connectivity index (χ2n) is 9.10. The van der Waals surface area contributed by atoms with Crippen molar-refractivity contribution in [1.29, 1.82) is 0 Å². The third-order valence-corrected chi connectivity index (χ3v) is 6.49. The molecule has 1 aliphatic heterocycles. The summed E-state index contributed by atoms with van der Waals surface area (Å²) in [6.07, 6.45) is 10.1. The predicted octanol–water partition coefficient (Wildman–Crippen LogP) is 6.78. The quantitative estimate of drug-likeness (QED) is 0.316. The number of piperidine rings is 1. The normalized spacial score (nSPS) is 15.6. The first kappa shape index (κ1) is 26.4. The van der Waals surface area contributed by atoms with Gasteiger partial charge in [-0.3, -0.25) is 0 Å². The highest BCUT2D eigenvalue weighted by molar-refractivity contribution is 5.63. The SMILES string of the molecule is CC=C=C1C(=Cc2ccc(-n3cnc(C)c3)c(OC)c2)CCCN1C(CCOC)c1cc(F)cc(F)c1. The van der Waals surface area contributed by atoms with E-state index in [-0.39, 0.29) is 6.04 Å². The molecule has 0 spiro atoms. The van der Waals surface area contributed by atoms with Gasteiger partial charge >= 0.3 is 0 Å². The number of halogens is 2. The highest BCUT2D eigenvalue weighted by atomic mass is 19.1. The predicted molar refractivity (Wildman–Crippen MR) is 142 cm³/mol. The third-order valence-electron chi connectivity index (χ3n) is 6.49. The number of allylic oxidation sites excluding steroid dienone is 1. The van der Waals surface area contributed by atoms with Gasteiger partial charge in [0.1, 0.15) is 17.4 Å². The first-order valence-electron chi connectivity index (χ1n) is 12.5. The Morgan fingerprint density at radius 1 is 1.14 bits per heavy atom. The van der Waals surface area contributed by atoms with E-state index in [9.17, 15) is 8.78 Å². The third kappa shape index (κ3) is 6.19. The number of aromatic nitrogens is 2. The van der Waals surface area contributed by atoms with Crippen LogP contribution in [0.4, 0.5) is 8.78 Å². The second-order valence-corrected chi connectivity index (χ2v) is 9.10. The summed E-state index contributed by atoms with van der Waals surface area (Å²) in [6, 6.07) is 9.56.